The van der Waals surface area contributed by atoms with E-state index in [9.17, 15) is 14.4 Å². The number of nitrogens with zero attached hydrogens (tertiary/aromatic N) is 3. The topological polar surface area (TPSA) is 97.1 Å². The molecule has 0 aliphatic rings. The highest BCUT2D eigenvalue weighted by atomic mass is 35.5. The lowest BCUT2D eigenvalue weighted by molar-refractivity contribution is -0.112. The van der Waals surface area contributed by atoms with E-state index in [0.717, 1.165) is 17.3 Å². The average molecular weight is 453 g/mol. The van der Waals surface area contributed by atoms with E-state index in [4.69, 9.17) is 21.1 Å². The van der Waals surface area contributed by atoms with Crippen molar-refractivity contribution in [1.29, 1.82) is 5.26 Å². The molecule has 0 unspecified atom stereocenters. The maximum Gasteiger partial charge on any atom is 0.266 e. The van der Waals surface area contributed by atoms with E-state index in [1.807, 2.05) is 32.0 Å². The predicted octanol–water partition coefficient (Wildman–Crippen LogP) is 5.23. The van der Waals surface area contributed by atoms with Crippen LogP contribution in [-0.2, 0) is 4.79 Å². The summed E-state index contributed by atoms with van der Waals surface area (Å²) in [6, 6.07) is 12.0. The zero-order valence-electron chi connectivity index (χ0n) is 17.4. The molecule has 0 spiro atoms. The van der Waals surface area contributed by atoms with Crippen LogP contribution in [0.5, 0.6) is 17.4 Å². The highest BCUT2D eigenvalue weighted by Gasteiger charge is 2.14. The first kappa shape index (κ1) is 22.7. The number of aryl methyl sites for hydroxylation is 2. The van der Waals surface area contributed by atoms with Gasteiger partial charge in [-0.25, -0.2) is 4.98 Å². The lowest BCUT2D eigenvalue weighted by Gasteiger charge is -2.11. The molecule has 0 aliphatic heterocycles. The fourth-order valence-corrected chi connectivity index (χ4v) is 2.82. The molecule has 1 aromatic heterocycles. The zero-order valence-corrected chi connectivity index (χ0v) is 18.2. The number of rotatable bonds is 6. The summed E-state index contributed by atoms with van der Waals surface area (Å²) in [6.45, 7) is 3.90. The number of carbonyl (C=O) groups excluding carboxylic acids is 1. The van der Waals surface area contributed by atoms with Gasteiger partial charge in [0.1, 0.15) is 11.6 Å². The molecule has 0 atom stereocenters. The van der Waals surface area contributed by atoms with Gasteiger partial charge in [-0.15, -0.1) is 0 Å². The van der Waals surface area contributed by atoms with E-state index in [0.29, 0.717) is 11.3 Å². The number of anilines is 1. The van der Waals surface area contributed by atoms with E-state index < -0.39 is 11.7 Å². The molecule has 0 saturated heterocycles. The van der Waals surface area contributed by atoms with Crippen LogP contribution in [0.15, 0.2) is 48.2 Å². The van der Waals surface area contributed by atoms with Crippen molar-refractivity contribution in [2.24, 2.45) is 0 Å². The fraction of sp³-hybridized carbons (Fsp3) is 0.130. The quantitative estimate of drug-likeness (QED) is 0.312. The molecular weight excluding hydrogens is 435 g/mol. The number of nitrogens with one attached hydrogen (secondary N) is 1. The van der Waals surface area contributed by atoms with E-state index >= 15 is 0 Å². The fourth-order valence-electron chi connectivity index (χ4n) is 2.70. The SMILES string of the molecule is COc1cc(/C=C(/C#N)C(=O)Nc2ccc(C)c(C)c2)ccc1Oc1nc(Cl)ncc1F. The van der Waals surface area contributed by atoms with Crippen LogP contribution < -0.4 is 14.8 Å². The number of benzene rings is 2. The molecule has 2 aromatic carbocycles. The third-order valence-electron chi connectivity index (χ3n) is 4.52. The first-order valence-corrected chi connectivity index (χ1v) is 9.73. The Labute approximate surface area is 189 Å². The van der Waals surface area contributed by atoms with E-state index in [1.54, 1.807) is 12.1 Å². The number of hydrogen-bond acceptors (Lipinski definition) is 6. The molecule has 1 N–H and O–H groups in total. The molecule has 0 radical (unpaired) electrons. The molecule has 9 heteroatoms. The summed E-state index contributed by atoms with van der Waals surface area (Å²) in [7, 11) is 1.40. The van der Waals surface area contributed by atoms with Crippen molar-refractivity contribution in [3.63, 3.8) is 0 Å². The molecule has 3 aromatic rings. The van der Waals surface area contributed by atoms with Crippen molar-refractivity contribution in [1.82, 2.24) is 9.97 Å². The van der Waals surface area contributed by atoms with E-state index in [-0.39, 0.29) is 28.2 Å². The van der Waals surface area contributed by atoms with Gasteiger partial charge in [0.2, 0.25) is 11.1 Å². The van der Waals surface area contributed by atoms with Gasteiger partial charge in [-0.1, -0.05) is 12.1 Å². The van der Waals surface area contributed by atoms with Crippen molar-refractivity contribution in [2.75, 3.05) is 12.4 Å². The molecule has 0 saturated carbocycles. The van der Waals surface area contributed by atoms with Gasteiger partial charge >= 0.3 is 0 Å². The lowest BCUT2D eigenvalue weighted by Crippen LogP contribution is -2.13. The highest BCUT2D eigenvalue weighted by molar-refractivity contribution is 6.28. The maximum absolute atomic E-state index is 13.9. The van der Waals surface area contributed by atoms with Gasteiger partial charge in [0.25, 0.3) is 11.8 Å². The molecule has 3 rings (SSSR count). The first-order valence-electron chi connectivity index (χ1n) is 9.35. The predicted molar refractivity (Wildman–Crippen MR) is 118 cm³/mol. The largest absolute Gasteiger partial charge is 0.493 e. The van der Waals surface area contributed by atoms with Crippen LogP contribution in [-0.4, -0.2) is 23.0 Å². The van der Waals surface area contributed by atoms with Crippen molar-refractivity contribution < 1.29 is 18.7 Å². The van der Waals surface area contributed by atoms with Crippen LogP contribution in [0.4, 0.5) is 10.1 Å². The number of amides is 1. The summed E-state index contributed by atoms with van der Waals surface area (Å²) in [4.78, 5) is 19.8. The number of carbonyl (C=O) groups is 1. The Morgan fingerprint density at radius 3 is 2.66 bits per heavy atom. The van der Waals surface area contributed by atoms with Crippen molar-refractivity contribution >= 4 is 29.3 Å². The average Bonchev–Trinajstić information content (AvgIpc) is 2.77. The smallest absolute Gasteiger partial charge is 0.266 e. The number of aromatic nitrogens is 2. The Morgan fingerprint density at radius 2 is 1.97 bits per heavy atom. The van der Waals surface area contributed by atoms with Gasteiger partial charge in [0.05, 0.1) is 13.3 Å². The Kier molecular flexibility index (Phi) is 7.03. The second kappa shape index (κ2) is 9.90. The molecule has 0 fully saturated rings. The highest BCUT2D eigenvalue weighted by Crippen LogP contribution is 2.33. The van der Waals surface area contributed by atoms with Gasteiger partial charge < -0.3 is 14.8 Å². The standard InChI is InChI=1S/C23H18ClFN4O3/c1-13-4-6-17(8-14(13)2)28-21(30)16(11-26)9-15-5-7-19(20(10-15)31-3)32-22-18(25)12-27-23(24)29-22/h4-10,12H,1-3H3,(H,28,30)/b16-9-. The number of halogens is 2. The summed E-state index contributed by atoms with van der Waals surface area (Å²) in [5.74, 6) is -1.31. The molecule has 0 aliphatic carbocycles. The van der Waals surface area contributed by atoms with Crippen LogP contribution in [0.3, 0.4) is 0 Å². The Hall–Kier alpha value is -3.96. The van der Waals surface area contributed by atoms with Crippen LogP contribution in [0.2, 0.25) is 5.28 Å². The Balaban J connectivity index is 1.84. The Morgan fingerprint density at radius 1 is 1.19 bits per heavy atom. The molecule has 32 heavy (non-hydrogen) atoms. The number of ether oxygens (including phenoxy) is 2. The normalized spacial score (nSPS) is 10.9. The van der Waals surface area contributed by atoms with Gasteiger partial charge in [0, 0.05) is 5.69 Å². The zero-order chi connectivity index (χ0) is 23.3. The number of nitriles is 1. The monoisotopic (exact) mass is 452 g/mol. The molecule has 1 heterocycles. The van der Waals surface area contributed by atoms with E-state index in [2.05, 4.69) is 15.3 Å². The second-order valence-electron chi connectivity index (χ2n) is 6.73. The summed E-state index contributed by atoms with van der Waals surface area (Å²) < 4.78 is 24.6. The number of hydrogen-bond donors (Lipinski definition) is 1. The summed E-state index contributed by atoms with van der Waals surface area (Å²) >= 11 is 5.68. The Bertz CT molecular complexity index is 1250. The van der Waals surface area contributed by atoms with Gasteiger partial charge in [-0.3, -0.25) is 4.79 Å². The lowest BCUT2D eigenvalue weighted by atomic mass is 10.1. The van der Waals surface area contributed by atoms with Gasteiger partial charge in [-0.2, -0.15) is 14.6 Å². The summed E-state index contributed by atoms with van der Waals surface area (Å²) in [6.07, 6.45) is 2.30. The molecule has 7 nitrogen and oxygen atoms in total. The van der Waals surface area contributed by atoms with Crippen molar-refractivity contribution in [2.45, 2.75) is 13.8 Å². The summed E-state index contributed by atoms with van der Waals surface area (Å²) in [5, 5.41) is 12.0. The molecule has 1 amide bonds. The minimum atomic E-state index is -0.796. The summed E-state index contributed by atoms with van der Waals surface area (Å²) in [5.41, 5.74) is 3.10. The first-order chi connectivity index (χ1) is 15.3. The molecule has 162 valence electrons. The third-order valence-corrected chi connectivity index (χ3v) is 4.70. The molecule has 0 bridgehead atoms. The maximum atomic E-state index is 13.9. The van der Waals surface area contributed by atoms with Crippen molar-refractivity contribution in [3.8, 4) is 23.4 Å². The van der Waals surface area contributed by atoms with Crippen LogP contribution in [0.1, 0.15) is 16.7 Å². The number of methoxy groups -OCH3 is 1. The van der Waals surface area contributed by atoms with Gasteiger partial charge in [-0.05, 0) is 72.5 Å². The van der Waals surface area contributed by atoms with Crippen molar-refractivity contribution in [3.05, 3.63) is 76.0 Å². The van der Waals surface area contributed by atoms with E-state index in [1.165, 1.54) is 25.3 Å². The second-order valence-corrected chi connectivity index (χ2v) is 7.07. The minimum Gasteiger partial charge on any atom is -0.493 e. The third kappa shape index (κ3) is 5.39. The molecular formula is C23H18ClFN4O3. The minimum absolute atomic E-state index is 0.104. The van der Waals surface area contributed by atoms with Crippen LogP contribution in [0.25, 0.3) is 6.08 Å². The van der Waals surface area contributed by atoms with Crippen LogP contribution in [0, 0.1) is 31.0 Å². The van der Waals surface area contributed by atoms with Gasteiger partial charge in [0.15, 0.2) is 11.5 Å². The van der Waals surface area contributed by atoms with Crippen LogP contribution >= 0.6 is 11.6 Å².